The minimum Gasteiger partial charge on any atom is -0.328 e. The lowest BCUT2D eigenvalue weighted by Gasteiger charge is -2.11. The van der Waals surface area contributed by atoms with Crippen LogP contribution in [0.25, 0.3) is 0 Å². The van der Waals surface area contributed by atoms with Crippen LogP contribution < -0.4 is 5.73 Å². The van der Waals surface area contributed by atoms with Gasteiger partial charge >= 0.3 is 0 Å². The zero-order valence-corrected chi connectivity index (χ0v) is 7.12. The number of rotatable bonds is 3. The summed E-state index contributed by atoms with van der Waals surface area (Å²) in [6.45, 7) is 4.77. The molecule has 0 unspecified atom stereocenters. The zero-order valence-electron chi connectivity index (χ0n) is 7.12. The maximum absolute atomic E-state index is 5.56. The molecular formula is C8H15N3. The van der Waals surface area contributed by atoms with E-state index in [-0.39, 0.29) is 0 Å². The van der Waals surface area contributed by atoms with Crippen LogP contribution in [-0.2, 0) is 0 Å². The molecular weight excluding hydrogens is 138 g/mol. The molecule has 1 atom stereocenters. The molecule has 3 heteroatoms. The Morgan fingerprint density at radius 2 is 2.45 bits per heavy atom. The fourth-order valence-corrected chi connectivity index (χ4v) is 1.10. The summed E-state index contributed by atoms with van der Waals surface area (Å²) < 4.78 is 1.94. The summed E-state index contributed by atoms with van der Waals surface area (Å²) in [7, 11) is 0. The molecule has 1 aromatic rings. The minimum absolute atomic E-state index is 0.365. The van der Waals surface area contributed by atoms with E-state index in [1.54, 1.807) is 0 Å². The van der Waals surface area contributed by atoms with Crippen molar-refractivity contribution in [1.29, 1.82) is 0 Å². The Morgan fingerprint density at radius 3 is 2.82 bits per heavy atom. The molecule has 0 amide bonds. The molecule has 0 saturated heterocycles. The normalized spacial score (nSPS) is 13.4. The number of aromatic nitrogens is 2. The molecule has 62 valence electrons. The van der Waals surface area contributed by atoms with E-state index in [9.17, 15) is 0 Å². The summed E-state index contributed by atoms with van der Waals surface area (Å²) in [6, 6.07) is 2.36. The van der Waals surface area contributed by atoms with Crippen molar-refractivity contribution in [1.82, 2.24) is 9.78 Å². The lowest BCUT2D eigenvalue weighted by molar-refractivity contribution is 0.448. The average Bonchev–Trinajstić information content (AvgIpc) is 2.39. The number of nitrogens with zero attached hydrogens (tertiary/aromatic N) is 2. The summed E-state index contributed by atoms with van der Waals surface area (Å²) in [5, 5.41) is 4.29. The molecule has 1 aromatic heterocycles. The van der Waals surface area contributed by atoms with Gasteiger partial charge in [0.1, 0.15) is 0 Å². The van der Waals surface area contributed by atoms with Crippen LogP contribution >= 0.6 is 0 Å². The van der Waals surface area contributed by atoms with Crippen molar-refractivity contribution < 1.29 is 0 Å². The summed E-state index contributed by atoms with van der Waals surface area (Å²) in [5.41, 5.74) is 6.62. The fraction of sp³-hybridized carbons (Fsp3) is 0.625. The van der Waals surface area contributed by atoms with Crippen molar-refractivity contribution in [2.75, 3.05) is 6.54 Å². The highest BCUT2D eigenvalue weighted by Gasteiger charge is 2.05. The van der Waals surface area contributed by atoms with Crippen LogP contribution in [0.3, 0.4) is 0 Å². The van der Waals surface area contributed by atoms with Crippen molar-refractivity contribution >= 4 is 0 Å². The van der Waals surface area contributed by atoms with Crippen LogP contribution in [0, 0.1) is 6.92 Å². The second-order valence-electron chi connectivity index (χ2n) is 2.73. The van der Waals surface area contributed by atoms with E-state index in [0.29, 0.717) is 12.6 Å². The first kappa shape index (κ1) is 8.27. The molecule has 0 aromatic carbocycles. The quantitative estimate of drug-likeness (QED) is 0.706. The molecule has 1 rings (SSSR count). The van der Waals surface area contributed by atoms with Gasteiger partial charge in [-0.3, -0.25) is 4.68 Å². The molecule has 3 nitrogen and oxygen atoms in total. The van der Waals surface area contributed by atoms with E-state index in [2.05, 4.69) is 12.0 Å². The van der Waals surface area contributed by atoms with Gasteiger partial charge in [-0.05, 0) is 19.4 Å². The van der Waals surface area contributed by atoms with Crippen LogP contribution in [0.15, 0.2) is 12.3 Å². The predicted octanol–water partition coefficient (Wildman–Crippen LogP) is 1.10. The number of hydrogen-bond acceptors (Lipinski definition) is 2. The molecule has 0 aliphatic carbocycles. The maximum Gasteiger partial charge on any atom is 0.0638 e. The predicted molar refractivity (Wildman–Crippen MR) is 45.3 cm³/mol. The highest BCUT2D eigenvalue weighted by atomic mass is 15.3. The second-order valence-corrected chi connectivity index (χ2v) is 2.73. The first-order valence-corrected chi connectivity index (χ1v) is 3.99. The van der Waals surface area contributed by atoms with Gasteiger partial charge in [-0.15, -0.1) is 0 Å². The van der Waals surface area contributed by atoms with Crippen molar-refractivity contribution in [2.24, 2.45) is 5.73 Å². The van der Waals surface area contributed by atoms with Crippen molar-refractivity contribution in [3.8, 4) is 0 Å². The largest absolute Gasteiger partial charge is 0.328 e. The van der Waals surface area contributed by atoms with Gasteiger partial charge in [0, 0.05) is 12.7 Å². The van der Waals surface area contributed by atoms with Gasteiger partial charge < -0.3 is 5.73 Å². The van der Waals surface area contributed by atoms with Crippen molar-refractivity contribution in [2.45, 2.75) is 26.3 Å². The summed E-state index contributed by atoms with van der Waals surface area (Å²) in [6.07, 6.45) is 3.02. The Balaban J connectivity index is 2.73. The molecule has 11 heavy (non-hydrogen) atoms. The lowest BCUT2D eigenvalue weighted by atomic mass is 10.2. The molecule has 0 bridgehead atoms. The SMILES string of the molecule is CC[C@H](CN)n1ccc(C)n1. The smallest absolute Gasteiger partial charge is 0.0638 e. The van der Waals surface area contributed by atoms with E-state index in [0.717, 1.165) is 12.1 Å². The van der Waals surface area contributed by atoms with Crippen LogP contribution in [-0.4, -0.2) is 16.3 Å². The fourth-order valence-electron chi connectivity index (χ4n) is 1.10. The lowest BCUT2D eigenvalue weighted by Crippen LogP contribution is -2.18. The van der Waals surface area contributed by atoms with Gasteiger partial charge in [0.25, 0.3) is 0 Å². The van der Waals surface area contributed by atoms with E-state index in [4.69, 9.17) is 5.73 Å². The van der Waals surface area contributed by atoms with E-state index < -0.39 is 0 Å². The first-order valence-electron chi connectivity index (χ1n) is 3.99. The molecule has 0 saturated carbocycles. The summed E-state index contributed by atoms with van der Waals surface area (Å²) in [4.78, 5) is 0. The van der Waals surface area contributed by atoms with E-state index in [1.165, 1.54) is 0 Å². The monoisotopic (exact) mass is 153 g/mol. The molecule has 1 heterocycles. The van der Waals surface area contributed by atoms with Gasteiger partial charge in [-0.2, -0.15) is 5.10 Å². The highest BCUT2D eigenvalue weighted by molar-refractivity contribution is 4.96. The van der Waals surface area contributed by atoms with Crippen molar-refractivity contribution in [3.63, 3.8) is 0 Å². The summed E-state index contributed by atoms with van der Waals surface area (Å²) in [5.74, 6) is 0. The van der Waals surface area contributed by atoms with E-state index >= 15 is 0 Å². The Labute approximate surface area is 67.2 Å². The van der Waals surface area contributed by atoms with Gasteiger partial charge in [0.2, 0.25) is 0 Å². The van der Waals surface area contributed by atoms with E-state index in [1.807, 2.05) is 23.9 Å². The average molecular weight is 153 g/mol. The third-order valence-electron chi connectivity index (χ3n) is 1.86. The van der Waals surface area contributed by atoms with Gasteiger partial charge in [0.05, 0.1) is 11.7 Å². The molecule has 0 fully saturated rings. The highest BCUT2D eigenvalue weighted by Crippen LogP contribution is 2.07. The molecule has 0 spiro atoms. The minimum atomic E-state index is 0.365. The third kappa shape index (κ3) is 1.80. The first-order chi connectivity index (χ1) is 5.27. The molecule has 0 radical (unpaired) electrons. The molecule has 0 aliphatic heterocycles. The zero-order chi connectivity index (χ0) is 8.27. The second kappa shape index (κ2) is 3.53. The third-order valence-corrected chi connectivity index (χ3v) is 1.86. The number of aryl methyl sites for hydroxylation is 1. The van der Waals surface area contributed by atoms with Gasteiger partial charge in [0.15, 0.2) is 0 Å². The van der Waals surface area contributed by atoms with Gasteiger partial charge in [-0.1, -0.05) is 6.92 Å². The number of nitrogens with two attached hydrogens (primary N) is 1. The Morgan fingerprint density at radius 1 is 1.73 bits per heavy atom. The molecule has 0 aliphatic rings. The van der Waals surface area contributed by atoms with Crippen LogP contribution in [0.2, 0.25) is 0 Å². The van der Waals surface area contributed by atoms with Crippen LogP contribution in [0.4, 0.5) is 0 Å². The summed E-state index contributed by atoms with van der Waals surface area (Å²) >= 11 is 0. The van der Waals surface area contributed by atoms with Crippen LogP contribution in [0.1, 0.15) is 25.1 Å². The standard InChI is InChI=1S/C8H15N3/c1-3-8(6-9)11-5-4-7(2)10-11/h4-5,8H,3,6,9H2,1-2H3/t8-/m1/s1. The van der Waals surface area contributed by atoms with Crippen LogP contribution in [0.5, 0.6) is 0 Å². The number of hydrogen-bond donors (Lipinski definition) is 1. The Bertz CT molecular complexity index is 213. The topological polar surface area (TPSA) is 43.8 Å². The maximum atomic E-state index is 5.56. The Hall–Kier alpha value is -0.830. The van der Waals surface area contributed by atoms with Gasteiger partial charge in [-0.25, -0.2) is 0 Å². The van der Waals surface area contributed by atoms with Crippen molar-refractivity contribution in [3.05, 3.63) is 18.0 Å². The Kier molecular flexibility index (Phi) is 2.65. The molecule has 2 N–H and O–H groups in total.